The van der Waals surface area contributed by atoms with Gasteiger partial charge in [-0.15, -0.1) is 0 Å². The van der Waals surface area contributed by atoms with Crippen LogP contribution in [-0.4, -0.2) is 17.3 Å². The van der Waals surface area contributed by atoms with Gasteiger partial charge in [0, 0.05) is 0 Å². The Labute approximate surface area is 222 Å². The van der Waals surface area contributed by atoms with Crippen molar-refractivity contribution in [3.05, 3.63) is 147 Å². The molecule has 0 heterocycles. The minimum absolute atomic E-state index is 0.356. The van der Waals surface area contributed by atoms with Gasteiger partial charge in [-0.05, 0) is 0 Å². The molecule has 2 heteroatoms. The SMILES string of the molecule is CN(C)c1cccc2c1-c1ccccc1[CH]2[Zr]([CH3])([CH3])([C]1=CC=CC1)=[C](c1ccccc1)c1ccccc1. The van der Waals surface area contributed by atoms with Crippen molar-refractivity contribution >= 4 is 8.89 Å². The van der Waals surface area contributed by atoms with Crippen molar-refractivity contribution in [2.45, 2.75) is 19.3 Å². The Morgan fingerprint density at radius 1 is 0.703 bits per heavy atom. The van der Waals surface area contributed by atoms with Crippen molar-refractivity contribution in [2.75, 3.05) is 19.0 Å². The third-order valence-corrected chi connectivity index (χ3v) is 25.7. The van der Waals surface area contributed by atoms with Crippen molar-refractivity contribution in [3.63, 3.8) is 0 Å². The first-order valence-electron chi connectivity index (χ1n) is 13.3. The summed E-state index contributed by atoms with van der Waals surface area (Å²) in [6.45, 7) is 0. The summed E-state index contributed by atoms with van der Waals surface area (Å²) in [7, 11) is 4.34. The van der Waals surface area contributed by atoms with E-state index in [1.807, 2.05) is 0 Å². The van der Waals surface area contributed by atoms with E-state index in [1.165, 1.54) is 39.1 Å². The summed E-state index contributed by atoms with van der Waals surface area (Å²) in [6.07, 6.45) is 8.17. The molecule has 0 aliphatic heterocycles. The zero-order valence-electron chi connectivity index (χ0n) is 22.3. The summed E-state index contributed by atoms with van der Waals surface area (Å²) in [5.41, 5.74) is 9.87. The van der Waals surface area contributed by atoms with Crippen LogP contribution >= 0.6 is 0 Å². The van der Waals surface area contributed by atoms with Crippen LogP contribution in [0, 0.1) is 0 Å². The molecule has 2 aliphatic carbocycles. The van der Waals surface area contributed by atoms with Crippen LogP contribution in [0.5, 0.6) is 0 Å². The summed E-state index contributed by atoms with van der Waals surface area (Å²) in [4.78, 5) is 2.28. The van der Waals surface area contributed by atoms with Gasteiger partial charge in [0.2, 0.25) is 0 Å². The van der Waals surface area contributed by atoms with Crippen molar-refractivity contribution in [2.24, 2.45) is 0 Å². The third-order valence-electron chi connectivity index (χ3n) is 8.93. The van der Waals surface area contributed by atoms with Crippen LogP contribution in [-0.2, 0) is 18.3 Å². The Bertz CT molecular complexity index is 1570. The van der Waals surface area contributed by atoms with Crippen LogP contribution in [0.3, 0.4) is 0 Å². The number of rotatable bonds is 5. The third kappa shape index (κ3) is 3.64. The molecule has 0 amide bonds. The first-order chi connectivity index (χ1) is 17.9. The van der Waals surface area contributed by atoms with Gasteiger partial charge in [-0.2, -0.15) is 0 Å². The fourth-order valence-corrected chi connectivity index (χ4v) is 24.0. The molecule has 0 saturated heterocycles. The van der Waals surface area contributed by atoms with Crippen molar-refractivity contribution in [1.82, 2.24) is 0 Å². The molecule has 4 aromatic rings. The fraction of sp³-hybridized carbons (Fsp3) is 0.171. The molecule has 0 radical (unpaired) electrons. The molecule has 1 atom stereocenters. The normalized spacial score (nSPS) is 16.2. The maximum atomic E-state index is 2.72. The monoisotopic (exact) mass is 559 g/mol. The molecule has 0 fully saturated rings. The minimum atomic E-state index is -4.17. The summed E-state index contributed by atoms with van der Waals surface area (Å²) in [6, 6.07) is 38.6. The van der Waals surface area contributed by atoms with E-state index in [9.17, 15) is 0 Å². The van der Waals surface area contributed by atoms with Gasteiger partial charge in [0.05, 0.1) is 0 Å². The molecule has 37 heavy (non-hydrogen) atoms. The van der Waals surface area contributed by atoms with E-state index < -0.39 is 18.3 Å². The number of allylic oxidation sites excluding steroid dienone is 4. The van der Waals surface area contributed by atoms with Gasteiger partial charge in [0.1, 0.15) is 0 Å². The van der Waals surface area contributed by atoms with E-state index in [-0.39, 0.29) is 0 Å². The molecule has 6 rings (SSSR count). The molecule has 1 nitrogen and oxygen atoms in total. The van der Waals surface area contributed by atoms with E-state index in [0.29, 0.717) is 3.63 Å². The fourth-order valence-electron chi connectivity index (χ4n) is 7.31. The maximum absolute atomic E-state index is 4.17. The predicted molar refractivity (Wildman–Crippen MR) is 158 cm³/mol. The van der Waals surface area contributed by atoms with Gasteiger partial charge in [-0.3, -0.25) is 0 Å². The topological polar surface area (TPSA) is 3.24 Å². The van der Waals surface area contributed by atoms with Crippen LogP contribution < -0.4 is 4.90 Å². The van der Waals surface area contributed by atoms with Crippen LogP contribution in [0.15, 0.2) is 125 Å². The van der Waals surface area contributed by atoms with E-state index in [4.69, 9.17) is 0 Å². The van der Waals surface area contributed by atoms with E-state index in [2.05, 4.69) is 150 Å². The Morgan fingerprint density at radius 2 is 1.30 bits per heavy atom. The molecule has 4 aromatic carbocycles. The number of anilines is 1. The molecule has 0 aromatic heterocycles. The number of fused-ring (bicyclic) bond motifs is 3. The molecule has 0 bridgehead atoms. The van der Waals surface area contributed by atoms with Crippen molar-refractivity contribution in [1.29, 1.82) is 0 Å². The first kappa shape index (κ1) is 24.3. The van der Waals surface area contributed by atoms with Gasteiger partial charge in [-0.25, -0.2) is 0 Å². The van der Waals surface area contributed by atoms with Crippen LogP contribution in [0.4, 0.5) is 5.69 Å². The summed E-state index contributed by atoms with van der Waals surface area (Å²) in [5.74, 6) is 0. The van der Waals surface area contributed by atoms with Gasteiger partial charge in [0.15, 0.2) is 0 Å². The quantitative estimate of drug-likeness (QED) is 0.236. The van der Waals surface area contributed by atoms with Gasteiger partial charge >= 0.3 is 224 Å². The number of hydrogen-bond acceptors (Lipinski definition) is 1. The summed E-state index contributed by atoms with van der Waals surface area (Å²) < 4.78 is 9.03. The second-order valence-electron chi connectivity index (χ2n) is 11.6. The van der Waals surface area contributed by atoms with Crippen molar-refractivity contribution in [3.8, 4) is 11.1 Å². The van der Waals surface area contributed by atoms with E-state index in [1.54, 1.807) is 6.49 Å². The molecule has 0 N–H and O–H groups in total. The van der Waals surface area contributed by atoms with Crippen LogP contribution in [0.1, 0.15) is 32.3 Å². The van der Waals surface area contributed by atoms with Gasteiger partial charge in [-0.1, -0.05) is 0 Å². The number of nitrogens with zero attached hydrogens (tertiary/aromatic N) is 1. The Hall–Kier alpha value is -3.09. The average Bonchev–Trinajstić information content (AvgIpc) is 3.58. The molecule has 0 saturated carbocycles. The Morgan fingerprint density at radius 3 is 1.89 bits per heavy atom. The van der Waals surface area contributed by atoms with E-state index >= 15 is 0 Å². The second kappa shape index (κ2) is 9.03. The zero-order chi connectivity index (χ0) is 25.6. The predicted octanol–water partition coefficient (Wildman–Crippen LogP) is 8.72. The van der Waals surface area contributed by atoms with E-state index in [0.717, 1.165) is 6.42 Å². The van der Waals surface area contributed by atoms with Gasteiger partial charge < -0.3 is 0 Å². The second-order valence-corrected chi connectivity index (χ2v) is 28.1. The molecule has 184 valence electrons. The first-order valence-corrected chi connectivity index (χ1v) is 22.1. The molecule has 0 spiro atoms. The summed E-state index contributed by atoms with van der Waals surface area (Å²) >= 11 is -4.17. The van der Waals surface area contributed by atoms with Crippen LogP contribution in [0.25, 0.3) is 11.1 Å². The van der Waals surface area contributed by atoms with Crippen molar-refractivity contribution < 1.29 is 18.3 Å². The number of benzene rings is 4. The van der Waals surface area contributed by atoms with Gasteiger partial charge in [0.25, 0.3) is 0 Å². The Balaban J connectivity index is 1.84. The molecule has 2 aliphatic rings. The summed E-state index contributed by atoms with van der Waals surface area (Å²) in [5, 5.41) is 0. The standard InChI is InChI=1S/C15H14N.C13H10.C5H5.2CH3.Zr/c1-16(2)14-9-5-7-12-10-11-6-3-4-8-13(11)15(12)14;1-3-7-12(8-4-1)11-13-9-5-2-6-10-13;1-2-4-5-3-1;;;/h3-10H,1-2H3;1-10H;1-3H,4H2;2*1H3;. The molecule has 1 unspecified atom stereocenters. The molecular formula is C35H35NZr. The number of hydrogen-bond donors (Lipinski definition) is 0. The average molecular weight is 561 g/mol. The Kier molecular flexibility index (Phi) is 5.92. The van der Waals surface area contributed by atoms with Crippen LogP contribution in [0.2, 0.25) is 9.26 Å². The zero-order valence-corrected chi connectivity index (χ0v) is 24.7. The molecular weight excluding hydrogens is 526 g/mol.